The maximum Gasteiger partial charge on any atom is 0.213 e. The molecule has 0 saturated carbocycles. The van der Waals surface area contributed by atoms with E-state index in [2.05, 4.69) is 32.9 Å². The van der Waals surface area contributed by atoms with Gasteiger partial charge in [-0.25, -0.2) is 9.37 Å². The summed E-state index contributed by atoms with van der Waals surface area (Å²) in [6.45, 7) is 0.568. The van der Waals surface area contributed by atoms with Gasteiger partial charge in [0.15, 0.2) is 0 Å². The van der Waals surface area contributed by atoms with Crippen LogP contribution in [0.25, 0.3) is 0 Å². The van der Waals surface area contributed by atoms with Gasteiger partial charge in [0.2, 0.25) is 5.88 Å². The Morgan fingerprint density at radius 1 is 1.33 bits per heavy atom. The first-order valence-electron chi connectivity index (χ1n) is 5.38. The van der Waals surface area contributed by atoms with Crippen molar-refractivity contribution < 1.29 is 9.13 Å². The van der Waals surface area contributed by atoms with E-state index in [4.69, 9.17) is 4.74 Å². The number of nitrogens with one attached hydrogen (secondary N) is 1. The quantitative estimate of drug-likeness (QED) is 0.851. The molecular formula is C13H12FIN2O. The summed E-state index contributed by atoms with van der Waals surface area (Å²) in [5.74, 6) is 0.354. The summed E-state index contributed by atoms with van der Waals surface area (Å²) < 4.78 is 18.8. The minimum absolute atomic E-state index is 0.232. The molecule has 5 heteroatoms. The number of pyridine rings is 1. The Morgan fingerprint density at radius 3 is 2.89 bits per heavy atom. The highest BCUT2D eigenvalue weighted by atomic mass is 127. The van der Waals surface area contributed by atoms with Gasteiger partial charge in [-0.1, -0.05) is 6.07 Å². The lowest BCUT2D eigenvalue weighted by atomic mass is 10.3. The predicted octanol–water partition coefficient (Wildman–Crippen LogP) is 3.45. The van der Waals surface area contributed by atoms with Crippen molar-refractivity contribution in [2.75, 3.05) is 12.4 Å². The Balaban J connectivity index is 2.06. The number of anilines is 1. The summed E-state index contributed by atoms with van der Waals surface area (Å²) in [4.78, 5) is 4.29. The Bertz CT molecular complexity index is 548. The van der Waals surface area contributed by atoms with Gasteiger partial charge in [0.05, 0.1) is 19.3 Å². The Hall–Kier alpha value is -1.37. The third-order valence-electron chi connectivity index (χ3n) is 2.38. The largest absolute Gasteiger partial charge is 0.481 e. The fourth-order valence-corrected chi connectivity index (χ4v) is 2.16. The highest BCUT2D eigenvalue weighted by Crippen LogP contribution is 2.19. The molecule has 2 rings (SSSR count). The average Bonchev–Trinajstić information content (AvgIpc) is 2.38. The lowest BCUT2D eigenvalue weighted by molar-refractivity contribution is 0.396. The van der Waals surface area contributed by atoms with Gasteiger partial charge >= 0.3 is 0 Å². The van der Waals surface area contributed by atoms with E-state index in [1.807, 2.05) is 12.1 Å². The second-order valence-electron chi connectivity index (χ2n) is 3.65. The number of rotatable bonds is 4. The lowest BCUT2D eigenvalue weighted by Gasteiger charge is -2.09. The zero-order valence-corrected chi connectivity index (χ0v) is 11.9. The van der Waals surface area contributed by atoms with Gasteiger partial charge in [-0.3, -0.25) is 0 Å². The van der Waals surface area contributed by atoms with Crippen LogP contribution >= 0.6 is 22.6 Å². The van der Waals surface area contributed by atoms with Crippen molar-refractivity contribution in [1.29, 1.82) is 0 Å². The van der Waals surface area contributed by atoms with Gasteiger partial charge in [0.25, 0.3) is 0 Å². The molecule has 18 heavy (non-hydrogen) atoms. The fourth-order valence-electron chi connectivity index (χ4n) is 1.49. The van der Waals surface area contributed by atoms with E-state index in [-0.39, 0.29) is 5.82 Å². The van der Waals surface area contributed by atoms with Crippen LogP contribution in [0, 0.1) is 9.39 Å². The van der Waals surface area contributed by atoms with Crippen LogP contribution in [0.4, 0.5) is 10.1 Å². The highest BCUT2D eigenvalue weighted by molar-refractivity contribution is 14.1. The van der Waals surface area contributed by atoms with Gasteiger partial charge in [0.1, 0.15) is 5.82 Å². The van der Waals surface area contributed by atoms with Gasteiger partial charge < -0.3 is 10.1 Å². The van der Waals surface area contributed by atoms with E-state index >= 15 is 0 Å². The SMILES string of the molecule is COc1cccc(CNc2ccc(F)cc2I)n1. The number of halogens is 2. The van der Waals surface area contributed by atoms with Crippen LogP contribution in [0.2, 0.25) is 0 Å². The van der Waals surface area contributed by atoms with Crippen molar-refractivity contribution in [3.8, 4) is 5.88 Å². The summed E-state index contributed by atoms with van der Waals surface area (Å²) in [6, 6.07) is 10.2. The molecular weight excluding hydrogens is 346 g/mol. The second-order valence-corrected chi connectivity index (χ2v) is 4.81. The topological polar surface area (TPSA) is 34.1 Å². The molecule has 1 aromatic carbocycles. The van der Waals surface area contributed by atoms with Crippen LogP contribution in [0.3, 0.4) is 0 Å². The number of hydrogen-bond acceptors (Lipinski definition) is 3. The van der Waals surface area contributed by atoms with Gasteiger partial charge in [-0.15, -0.1) is 0 Å². The minimum Gasteiger partial charge on any atom is -0.481 e. The van der Waals surface area contributed by atoms with Crippen molar-refractivity contribution >= 4 is 28.3 Å². The van der Waals surface area contributed by atoms with Crippen LogP contribution in [0.15, 0.2) is 36.4 Å². The Labute approximate surface area is 119 Å². The van der Waals surface area contributed by atoms with Crippen molar-refractivity contribution in [2.24, 2.45) is 0 Å². The first-order chi connectivity index (χ1) is 8.69. The van der Waals surface area contributed by atoms with Crippen molar-refractivity contribution in [3.63, 3.8) is 0 Å². The first-order valence-corrected chi connectivity index (χ1v) is 6.46. The molecule has 2 aromatic rings. The molecule has 94 valence electrons. The number of methoxy groups -OCH3 is 1. The first kappa shape index (κ1) is 13.1. The van der Waals surface area contributed by atoms with Crippen molar-refractivity contribution in [3.05, 3.63) is 51.5 Å². The standard InChI is InChI=1S/C13H12FIN2O/c1-18-13-4-2-3-10(17-13)8-16-12-6-5-9(14)7-11(12)15/h2-7,16H,8H2,1H3. The monoisotopic (exact) mass is 358 g/mol. The van der Waals surface area contributed by atoms with E-state index in [0.29, 0.717) is 12.4 Å². The normalized spacial score (nSPS) is 10.2. The lowest BCUT2D eigenvalue weighted by Crippen LogP contribution is -2.03. The molecule has 0 saturated heterocycles. The molecule has 0 radical (unpaired) electrons. The molecule has 0 spiro atoms. The fraction of sp³-hybridized carbons (Fsp3) is 0.154. The van der Waals surface area contributed by atoms with Gasteiger partial charge in [0, 0.05) is 15.3 Å². The summed E-state index contributed by atoms with van der Waals surface area (Å²) in [5, 5.41) is 3.22. The molecule has 1 N–H and O–H groups in total. The smallest absolute Gasteiger partial charge is 0.213 e. The zero-order valence-electron chi connectivity index (χ0n) is 9.78. The molecule has 0 aliphatic heterocycles. The number of ether oxygens (including phenoxy) is 1. The van der Waals surface area contributed by atoms with Crippen LogP contribution < -0.4 is 10.1 Å². The van der Waals surface area contributed by atoms with Crippen LogP contribution in [0.1, 0.15) is 5.69 Å². The molecule has 0 atom stereocenters. The van der Waals surface area contributed by atoms with E-state index in [1.54, 1.807) is 19.2 Å². The molecule has 0 fully saturated rings. The predicted molar refractivity (Wildman–Crippen MR) is 77.2 cm³/mol. The molecule has 0 aliphatic rings. The summed E-state index contributed by atoms with van der Waals surface area (Å²) in [7, 11) is 1.59. The molecule has 1 heterocycles. The molecule has 1 aromatic heterocycles. The number of aromatic nitrogens is 1. The molecule has 0 bridgehead atoms. The third-order valence-corrected chi connectivity index (χ3v) is 3.27. The van der Waals surface area contributed by atoms with Gasteiger partial charge in [-0.05, 0) is 46.9 Å². The molecule has 0 unspecified atom stereocenters. The third kappa shape index (κ3) is 3.32. The highest BCUT2D eigenvalue weighted by Gasteiger charge is 2.02. The second kappa shape index (κ2) is 5.99. The van der Waals surface area contributed by atoms with Crippen LogP contribution in [0.5, 0.6) is 5.88 Å². The summed E-state index contributed by atoms with van der Waals surface area (Å²) in [5.41, 5.74) is 1.76. The Morgan fingerprint density at radius 2 is 2.17 bits per heavy atom. The van der Waals surface area contributed by atoms with E-state index in [9.17, 15) is 4.39 Å². The van der Waals surface area contributed by atoms with Crippen LogP contribution in [-0.2, 0) is 6.54 Å². The van der Waals surface area contributed by atoms with Crippen molar-refractivity contribution in [1.82, 2.24) is 4.98 Å². The average molecular weight is 358 g/mol. The maximum absolute atomic E-state index is 12.9. The van der Waals surface area contributed by atoms with Crippen LogP contribution in [-0.4, -0.2) is 12.1 Å². The zero-order chi connectivity index (χ0) is 13.0. The van der Waals surface area contributed by atoms with Gasteiger partial charge in [-0.2, -0.15) is 0 Å². The number of hydrogen-bond donors (Lipinski definition) is 1. The van der Waals surface area contributed by atoms with E-state index < -0.39 is 0 Å². The maximum atomic E-state index is 12.9. The summed E-state index contributed by atoms with van der Waals surface area (Å²) in [6.07, 6.45) is 0. The molecule has 3 nitrogen and oxygen atoms in total. The summed E-state index contributed by atoms with van der Waals surface area (Å²) >= 11 is 2.10. The number of benzene rings is 1. The minimum atomic E-state index is -0.232. The molecule has 0 aliphatic carbocycles. The van der Waals surface area contributed by atoms with E-state index in [0.717, 1.165) is 15.0 Å². The molecule has 0 amide bonds. The van der Waals surface area contributed by atoms with E-state index in [1.165, 1.54) is 12.1 Å². The van der Waals surface area contributed by atoms with Crippen molar-refractivity contribution in [2.45, 2.75) is 6.54 Å². The number of nitrogens with zero attached hydrogens (tertiary/aromatic N) is 1. The Kier molecular flexibility index (Phi) is 4.35.